The highest BCUT2D eigenvalue weighted by atomic mass is 35.5. The molecule has 21 heteroatoms. The summed E-state index contributed by atoms with van der Waals surface area (Å²) in [6, 6.07) is 22.5. The zero-order chi connectivity index (χ0) is 47.8. The van der Waals surface area contributed by atoms with E-state index in [0.29, 0.717) is 57.7 Å². The van der Waals surface area contributed by atoms with E-state index < -0.39 is 54.2 Å². The summed E-state index contributed by atoms with van der Waals surface area (Å²) in [6.07, 6.45) is -3.28. The number of nitrogens with one attached hydrogen (secondary N) is 2. The Hall–Kier alpha value is -7.06. The molecule has 3 amide bonds. The Morgan fingerprint density at radius 1 is 0.773 bits per heavy atom. The number of carbonyl (C=O) groups excluding carboxylic acids is 3. The monoisotopic (exact) mass is 936 g/mol. The first-order valence-electron chi connectivity index (χ1n) is 20.2. The number of ether oxygens (including phenoxy) is 5. The smallest absolute Gasteiger partial charge is 0.422 e. The van der Waals surface area contributed by atoms with Gasteiger partial charge in [-0.15, -0.1) is 0 Å². The molecule has 1 aromatic heterocycles. The molecule has 0 aliphatic heterocycles. The summed E-state index contributed by atoms with van der Waals surface area (Å²) >= 11 is 6.09. The van der Waals surface area contributed by atoms with Crippen LogP contribution in [0.15, 0.2) is 84.9 Å². The maximum Gasteiger partial charge on any atom is 0.422 e. The van der Waals surface area contributed by atoms with Crippen LogP contribution >= 0.6 is 11.6 Å². The summed E-state index contributed by atoms with van der Waals surface area (Å²) in [5.41, 5.74) is 5.40. The van der Waals surface area contributed by atoms with Crippen LogP contribution in [0.25, 0.3) is 0 Å². The lowest BCUT2D eigenvalue weighted by Gasteiger charge is -2.36. The summed E-state index contributed by atoms with van der Waals surface area (Å²) < 4.78 is 66.2. The summed E-state index contributed by atoms with van der Waals surface area (Å²) in [5, 5.41) is 18.7. The van der Waals surface area contributed by atoms with Gasteiger partial charge in [0.25, 0.3) is 5.91 Å². The standard InChI is InChI=1S/C45H48ClF3N8O9/c1-43(61,25-57(39(60)37(50)58)23-29-9-17-34(63-3)21-36(29)65-5)24-56(22-28-8-16-33(62-2)20-35(28)64-4)38(59)27-6-14-32(15-7-27)51-40-52-41(54-42(53-40)66-26-45(47,48)49)55-44(18-19-44)30-10-12-31(46)13-11-30/h6-17,20-21,61H,18-19,22-26H2,1-5H3,(H2,50,58)(H2,51,52,53,54,55). The number of methoxy groups -OCH3 is 4. The Bertz CT molecular complexity index is 2530. The highest BCUT2D eigenvalue weighted by Gasteiger charge is 2.45. The Balaban J connectivity index is 1.27. The van der Waals surface area contributed by atoms with Gasteiger partial charge in [0, 0.05) is 52.6 Å². The van der Waals surface area contributed by atoms with Crippen molar-refractivity contribution >= 4 is 46.9 Å². The number of aromatic nitrogens is 3. The first-order chi connectivity index (χ1) is 31.3. The van der Waals surface area contributed by atoms with E-state index in [9.17, 15) is 32.7 Å². The lowest BCUT2D eigenvalue weighted by atomic mass is 10.0. The van der Waals surface area contributed by atoms with Gasteiger partial charge in [0.2, 0.25) is 11.9 Å². The molecule has 6 rings (SSSR count). The molecular weight excluding hydrogens is 889 g/mol. The number of primary amides is 1. The minimum absolute atomic E-state index is 0.0418. The first-order valence-corrected chi connectivity index (χ1v) is 20.6. The molecule has 5 aromatic rings. The molecule has 1 heterocycles. The maximum absolute atomic E-state index is 14.5. The Labute approximate surface area is 382 Å². The van der Waals surface area contributed by atoms with Crippen LogP contribution in [-0.2, 0) is 28.2 Å². The average molecular weight is 937 g/mol. The average Bonchev–Trinajstić information content (AvgIpc) is 4.07. The van der Waals surface area contributed by atoms with Crippen LogP contribution < -0.4 is 40.1 Å². The van der Waals surface area contributed by atoms with Crippen molar-refractivity contribution < 1.29 is 56.3 Å². The third-order valence-corrected chi connectivity index (χ3v) is 10.7. The number of carbonyl (C=O) groups is 3. The van der Waals surface area contributed by atoms with Gasteiger partial charge in [0.05, 0.1) is 52.7 Å². The molecule has 1 atom stereocenters. The highest BCUT2D eigenvalue weighted by Crippen LogP contribution is 2.48. The van der Waals surface area contributed by atoms with Crippen molar-refractivity contribution in [3.05, 3.63) is 112 Å². The molecule has 1 aliphatic rings. The third-order valence-electron chi connectivity index (χ3n) is 10.4. The lowest BCUT2D eigenvalue weighted by molar-refractivity contribution is -0.154. The number of nitrogens with two attached hydrogens (primary N) is 1. The summed E-state index contributed by atoms with van der Waals surface area (Å²) in [4.78, 5) is 54.9. The Kier molecular flexibility index (Phi) is 15.0. The maximum atomic E-state index is 14.5. The normalized spacial score (nSPS) is 13.7. The Morgan fingerprint density at radius 2 is 1.32 bits per heavy atom. The van der Waals surface area contributed by atoms with E-state index in [0.717, 1.165) is 10.5 Å². The molecule has 0 saturated heterocycles. The van der Waals surface area contributed by atoms with E-state index in [1.54, 1.807) is 48.5 Å². The van der Waals surface area contributed by atoms with Crippen LogP contribution in [0.3, 0.4) is 0 Å². The minimum Gasteiger partial charge on any atom is -0.497 e. The number of aliphatic hydroxyl groups is 1. The molecule has 1 aliphatic carbocycles. The van der Waals surface area contributed by atoms with Crippen molar-refractivity contribution in [3.63, 3.8) is 0 Å². The molecule has 1 saturated carbocycles. The van der Waals surface area contributed by atoms with Gasteiger partial charge in [-0.1, -0.05) is 23.7 Å². The third kappa shape index (κ3) is 12.6. The topological polar surface area (TPSA) is 213 Å². The number of hydrogen-bond donors (Lipinski definition) is 4. The van der Waals surface area contributed by atoms with E-state index in [1.165, 1.54) is 64.5 Å². The first kappa shape index (κ1) is 48.4. The number of amides is 3. The second-order valence-electron chi connectivity index (χ2n) is 15.6. The van der Waals surface area contributed by atoms with E-state index in [1.807, 2.05) is 12.1 Å². The number of hydrogen-bond acceptors (Lipinski definition) is 14. The van der Waals surface area contributed by atoms with Crippen LogP contribution in [0.5, 0.6) is 29.0 Å². The fourth-order valence-corrected chi connectivity index (χ4v) is 7.21. The van der Waals surface area contributed by atoms with Crippen molar-refractivity contribution in [1.82, 2.24) is 24.8 Å². The molecule has 17 nitrogen and oxygen atoms in total. The second kappa shape index (κ2) is 20.4. The molecule has 5 N–H and O–H groups in total. The van der Waals surface area contributed by atoms with Gasteiger partial charge in [-0.2, -0.15) is 28.1 Å². The van der Waals surface area contributed by atoms with E-state index in [-0.39, 0.29) is 37.1 Å². The van der Waals surface area contributed by atoms with E-state index in [4.69, 9.17) is 41.0 Å². The molecule has 66 heavy (non-hydrogen) atoms. The van der Waals surface area contributed by atoms with E-state index in [2.05, 4.69) is 25.6 Å². The molecule has 350 valence electrons. The van der Waals surface area contributed by atoms with Crippen LogP contribution in [0, 0.1) is 0 Å². The number of anilines is 3. The van der Waals surface area contributed by atoms with Gasteiger partial charge in [0.1, 0.15) is 23.0 Å². The predicted molar refractivity (Wildman–Crippen MR) is 236 cm³/mol. The quantitative estimate of drug-likeness (QED) is 0.0636. The molecule has 1 unspecified atom stereocenters. The lowest BCUT2D eigenvalue weighted by Crippen LogP contribution is -2.53. The minimum atomic E-state index is -4.66. The number of benzene rings is 4. The largest absolute Gasteiger partial charge is 0.497 e. The molecule has 1 fully saturated rings. The van der Waals surface area contributed by atoms with Gasteiger partial charge >= 0.3 is 24.0 Å². The molecule has 4 aromatic carbocycles. The molecular formula is C45H48ClF3N8O9. The molecule has 0 spiro atoms. The SMILES string of the molecule is COc1ccc(CN(CC(C)(O)CN(Cc2ccc(OC)cc2OC)C(=O)c2ccc(Nc3nc(NC4(c5ccc(Cl)cc5)CC4)nc(OCC(F)(F)F)n3)cc2)C(=O)C(N)=O)c(OC)c1. The van der Waals surface area contributed by atoms with Gasteiger partial charge in [-0.25, -0.2) is 0 Å². The van der Waals surface area contributed by atoms with Gasteiger partial charge in [0.15, 0.2) is 6.61 Å². The van der Waals surface area contributed by atoms with Crippen LogP contribution in [0.4, 0.5) is 30.8 Å². The zero-order valence-corrected chi connectivity index (χ0v) is 37.3. The van der Waals surface area contributed by atoms with Crippen molar-refractivity contribution in [1.29, 1.82) is 0 Å². The predicted octanol–water partition coefficient (Wildman–Crippen LogP) is 6.25. The summed E-state index contributed by atoms with van der Waals surface area (Å²) in [6.45, 7) is -1.35. The fourth-order valence-electron chi connectivity index (χ4n) is 7.08. The summed E-state index contributed by atoms with van der Waals surface area (Å²) in [5.74, 6) is -1.39. The molecule has 0 bridgehead atoms. The number of alkyl halides is 3. The van der Waals surface area contributed by atoms with Gasteiger partial charge < -0.3 is 55.0 Å². The van der Waals surface area contributed by atoms with Crippen molar-refractivity contribution in [2.45, 2.75) is 50.2 Å². The van der Waals surface area contributed by atoms with Crippen molar-refractivity contribution in [2.24, 2.45) is 5.73 Å². The van der Waals surface area contributed by atoms with Crippen LogP contribution in [0.1, 0.15) is 46.8 Å². The van der Waals surface area contributed by atoms with Crippen LogP contribution in [0.2, 0.25) is 5.02 Å². The summed E-state index contributed by atoms with van der Waals surface area (Å²) in [7, 11) is 5.85. The van der Waals surface area contributed by atoms with Crippen molar-refractivity contribution in [3.8, 4) is 29.0 Å². The van der Waals surface area contributed by atoms with Gasteiger partial charge in [-0.05, 0) is 86.0 Å². The number of rotatable bonds is 20. The zero-order valence-electron chi connectivity index (χ0n) is 36.6. The number of halogens is 4. The highest BCUT2D eigenvalue weighted by molar-refractivity contribution is 6.34. The molecule has 0 radical (unpaired) electrons. The van der Waals surface area contributed by atoms with Gasteiger partial charge in [-0.3, -0.25) is 14.4 Å². The van der Waals surface area contributed by atoms with E-state index >= 15 is 0 Å². The number of nitrogens with zero attached hydrogens (tertiary/aromatic N) is 5. The second-order valence-corrected chi connectivity index (χ2v) is 16.1. The fraction of sp³-hybridized carbons (Fsp3) is 0.333. The van der Waals surface area contributed by atoms with Crippen molar-refractivity contribution in [2.75, 3.05) is 58.8 Å². The Morgan fingerprint density at radius 3 is 1.83 bits per heavy atom. The van der Waals surface area contributed by atoms with Crippen LogP contribution in [-0.4, -0.2) is 107 Å².